The number of nitrogens with zero attached hydrogens (tertiary/aromatic N) is 1. The van der Waals surface area contributed by atoms with E-state index in [4.69, 9.17) is 0 Å². The van der Waals surface area contributed by atoms with Crippen LogP contribution >= 0.6 is 0 Å². The van der Waals surface area contributed by atoms with Crippen molar-refractivity contribution in [3.8, 4) is 5.75 Å². The highest BCUT2D eigenvalue weighted by Gasteiger charge is 2.19. The number of carbonyl (C=O) groups excluding carboxylic acids is 1. The molecule has 2 N–H and O–H groups in total. The van der Waals surface area contributed by atoms with E-state index in [1.807, 2.05) is 6.92 Å². The van der Waals surface area contributed by atoms with Crippen molar-refractivity contribution in [1.82, 2.24) is 5.32 Å². The van der Waals surface area contributed by atoms with Gasteiger partial charge in [-0.1, -0.05) is 11.6 Å². The fraction of sp³-hybridized carbons (Fsp3) is 0.188. The monoisotopic (exact) mass is 300 g/mol. The summed E-state index contributed by atoms with van der Waals surface area (Å²) in [5.41, 5.74) is 2.11. The van der Waals surface area contributed by atoms with Crippen LogP contribution < -0.4 is 5.32 Å². The summed E-state index contributed by atoms with van der Waals surface area (Å²) in [6.07, 6.45) is 0. The molecule has 0 saturated carbocycles. The Morgan fingerprint density at radius 1 is 1.23 bits per heavy atom. The minimum Gasteiger partial charge on any atom is -0.508 e. The molecule has 0 radical (unpaired) electrons. The number of aryl methyl sites for hydroxylation is 1. The summed E-state index contributed by atoms with van der Waals surface area (Å²) in [6.45, 7) is 3.26. The molecule has 0 aromatic heterocycles. The summed E-state index contributed by atoms with van der Waals surface area (Å²) in [5.74, 6) is -0.202. The summed E-state index contributed by atoms with van der Waals surface area (Å²) in [5, 5.41) is 23.5. The van der Waals surface area contributed by atoms with Gasteiger partial charge in [-0.2, -0.15) is 0 Å². The molecule has 1 amide bonds. The van der Waals surface area contributed by atoms with Crippen LogP contribution in [0.1, 0.15) is 29.7 Å². The van der Waals surface area contributed by atoms with Crippen molar-refractivity contribution in [3.63, 3.8) is 0 Å². The Bertz CT molecular complexity index is 711. The number of benzene rings is 2. The summed E-state index contributed by atoms with van der Waals surface area (Å²) in [4.78, 5) is 21.7. The Morgan fingerprint density at radius 2 is 1.86 bits per heavy atom. The standard InChI is InChI=1S/C16H16N2O4/c1-10-3-8-15(20)14(9-10)16(17-11(2)19)12-4-6-13(7-5-12)18(21)22/h3-9,16,20H,1-2H3,(H,17,19). The largest absolute Gasteiger partial charge is 0.508 e. The van der Waals surface area contributed by atoms with Crippen molar-refractivity contribution >= 4 is 11.6 Å². The van der Waals surface area contributed by atoms with E-state index < -0.39 is 11.0 Å². The molecule has 0 aliphatic heterocycles. The molecule has 6 heteroatoms. The highest BCUT2D eigenvalue weighted by atomic mass is 16.6. The minimum absolute atomic E-state index is 0.0289. The third-order valence-corrected chi connectivity index (χ3v) is 3.28. The van der Waals surface area contributed by atoms with Gasteiger partial charge in [-0.05, 0) is 36.8 Å². The molecule has 2 aromatic rings. The predicted octanol–water partition coefficient (Wildman–Crippen LogP) is 2.83. The zero-order valence-electron chi connectivity index (χ0n) is 12.2. The number of non-ortho nitro benzene ring substituents is 1. The van der Waals surface area contributed by atoms with E-state index in [-0.39, 0.29) is 17.3 Å². The molecule has 0 heterocycles. The van der Waals surface area contributed by atoms with Gasteiger partial charge in [0.15, 0.2) is 0 Å². The van der Waals surface area contributed by atoms with Crippen LogP contribution in [0.25, 0.3) is 0 Å². The molecular formula is C16H16N2O4. The number of nitrogens with one attached hydrogen (secondary N) is 1. The van der Waals surface area contributed by atoms with Gasteiger partial charge in [0.05, 0.1) is 11.0 Å². The lowest BCUT2D eigenvalue weighted by Crippen LogP contribution is -2.27. The number of phenolic OH excluding ortho intramolecular Hbond substituents is 1. The summed E-state index contributed by atoms with van der Waals surface area (Å²) >= 11 is 0. The van der Waals surface area contributed by atoms with Gasteiger partial charge in [-0.3, -0.25) is 14.9 Å². The molecule has 6 nitrogen and oxygen atoms in total. The molecule has 0 fully saturated rings. The molecule has 1 atom stereocenters. The second-order valence-electron chi connectivity index (χ2n) is 5.04. The van der Waals surface area contributed by atoms with E-state index in [0.29, 0.717) is 11.1 Å². The van der Waals surface area contributed by atoms with Crippen LogP contribution in [0, 0.1) is 17.0 Å². The van der Waals surface area contributed by atoms with Crippen LogP contribution in [0.2, 0.25) is 0 Å². The topological polar surface area (TPSA) is 92.5 Å². The first-order valence-electron chi connectivity index (χ1n) is 6.69. The van der Waals surface area contributed by atoms with Gasteiger partial charge in [-0.25, -0.2) is 0 Å². The van der Waals surface area contributed by atoms with Gasteiger partial charge in [0, 0.05) is 24.6 Å². The van der Waals surface area contributed by atoms with Gasteiger partial charge >= 0.3 is 0 Å². The van der Waals surface area contributed by atoms with E-state index in [1.165, 1.54) is 19.1 Å². The van der Waals surface area contributed by atoms with Crippen molar-refractivity contribution in [2.45, 2.75) is 19.9 Å². The smallest absolute Gasteiger partial charge is 0.269 e. The van der Waals surface area contributed by atoms with Crippen molar-refractivity contribution in [2.24, 2.45) is 0 Å². The van der Waals surface area contributed by atoms with Crippen molar-refractivity contribution in [2.75, 3.05) is 0 Å². The van der Waals surface area contributed by atoms with Crippen LogP contribution in [-0.4, -0.2) is 15.9 Å². The number of nitro benzene ring substituents is 1. The van der Waals surface area contributed by atoms with E-state index in [2.05, 4.69) is 5.32 Å². The van der Waals surface area contributed by atoms with Crippen LogP contribution in [0.15, 0.2) is 42.5 Å². The lowest BCUT2D eigenvalue weighted by Gasteiger charge is -2.20. The summed E-state index contributed by atoms with van der Waals surface area (Å²) in [6, 6.07) is 10.4. The molecule has 22 heavy (non-hydrogen) atoms. The highest BCUT2D eigenvalue weighted by Crippen LogP contribution is 2.31. The first-order valence-corrected chi connectivity index (χ1v) is 6.69. The van der Waals surface area contributed by atoms with Crippen molar-refractivity contribution in [3.05, 3.63) is 69.3 Å². The van der Waals surface area contributed by atoms with Crippen molar-refractivity contribution < 1.29 is 14.8 Å². The Balaban J connectivity index is 2.47. The normalized spacial score (nSPS) is 11.7. The van der Waals surface area contributed by atoms with Gasteiger partial charge in [0.25, 0.3) is 5.69 Å². The number of hydrogen-bond donors (Lipinski definition) is 2. The zero-order valence-corrected chi connectivity index (χ0v) is 12.2. The van der Waals surface area contributed by atoms with Crippen molar-refractivity contribution in [1.29, 1.82) is 0 Å². The Hall–Kier alpha value is -2.89. The van der Waals surface area contributed by atoms with E-state index in [0.717, 1.165) is 5.56 Å². The van der Waals surface area contributed by atoms with Crippen LogP contribution in [0.3, 0.4) is 0 Å². The lowest BCUT2D eigenvalue weighted by molar-refractivity contribution is -0.384. The third-order valence-electron chi connectivity index (χ3n) is 3.28. The van der Waals surface area contributed by atoms with Gasteiger partial charge in [0.2, 0.25) is 5.91 Å². The fourth-order valence-electron chi connectivity index (χ4n) is 2.24. The maximum Gasteiger partial charge on any atom is 0.269 e. The quantitative estimate of drug-likeness (QED) is 0.670. The number of carbonyl (C=O) groups is 1. The molecule has 0 saturated heterocycles. The molecule has 0 aliphatic rings. The predicted molar refractivity (Wildman–Crippen MR) is 81.6 cm³/mol. The SMILES string of the molecule is CC(=O)NC(c1ccc([N+](=O)[O-])cc1)c1cc(C)ccc1O. The van der Waals surface area contributed by atoms with Crippen LogP contribution in [-0.2, 0) is 4.79 Å². The average molecular weight is 300 g/mol. The van der Waals surface area contributed by atoms with Crippen LogP contribution in [0.4, 0.5) is 5.69 Å². The molecule has 2 aromatic carbocycles. The molecular weight excluding hydrogens is 284 g/mol. The molecule has 114 valence electrons. The molecule has 0 spiro atoms. The number of nitro groups is 1. The Kier molecular flexibility index (Phi) is 4.41. The first kappa shape index (κ1) is 15.5. The van der Waals surface area contributed by atoms with Crippen LogP contribution in [0.5, 0.6) is 5.75 Å². The summed E-state index contributed by atoms with van der Waals surface area (Å²) in [7, 11) is 0. The highest BCUT2D eigenvalue weighted by molar-refractivity contribution is 5.74. The van der Waals surface area contributed by atoms with Gasteiger partial charge < -0.3 is 10.4 Å². The van der Waals surface area contributed by atoms with E-state index in [9.17, 15) is 20.0 Å². The fourth-order valence-corrected chi connectivity index (χ4v) is 2.24. The number of hydrogen-bond acceptors (Lipinski definition) is 4. The Labute approximate surface area is 127 Å². The zero-order chi connectivity index (χ0) is 16.3. The second kappa shape index (κ2) is 6.26. The maximum absolute atomic E-state index is 11.5. The maximum atomic E-state index is 11.5. The summed E-state index contributed by atoms with van der Waals surface area (Å²) < 4.78 is 0. The number of rotatable bonds is 4. The van der Waals surface area contributed by atoms with E-state index in [1.54, 1.807) is 30.3 Å². The number of amides is 1. The van der Waals surface area contributed by atoms with Gasteiger partial charge in [-0.15, -0.1) is 0 Å². The molecule has 2 rings (SSSR count). The number of phenols is 1. The molecule has 1 unspecified atom stereocenters. The second-order valence-corrected chi connectivity index (χ2v) is 5.04. The lowest BCUT2D eigenvalue weighted by atomic mass is 9.96. The molecule has 0 bridgehead atoms. The number of aromatic hydroxyl groups is 1. The average Bonchev–Trinajstić information content (AvgIpc) is 2.47. The first-order chi connectivity index (χ1) is 10.4. The Morgan fingerprint density at radius 3 is 2.41 bits per heavy atom. The minimum atomic E-state index is -0.571. The van der Waals surface area contributed by atoms with E-state index >= 15 is 0 Å². The van der Waals surface area contributed by atoms with Gasteiger partial charge in [0.1, 0.15) is 5.75 Å². The third kappa shape index (κ3) is 3.41. The molecule has 0 aliphatic carbocycles.